The fourth-order valence-electron chi connectivity index (χ4n) is 5.70. The lowest BCUT2D eigenvalue weighted by atomic mass is 9.84. The second-order valence-electron chi connectivity index (χ2n) is 17.1. The van der Waals surface area contributed by atoms with Crippen LogP contribution in [0.25, 0.3) is 0 Å². The number of ether oxygens (including phenoxy) is 2. The molecule has 1 saturated carbocycles. The van der Waals surface area contributed by atoms with Crippen LogP contribution < -0.4 is 0 Å². The molecule has 344 valence electrons. The largest absolute Gasteiger partial charge is 0.353 e. The fourth-order valence-corrected chi connectivity index (χ4v) is 5.70. The van der Waals surface area contributed by atoms with Crippen LogP contribution in [0.5, 0.6) is 0 Å². The molecule has 0 spiro atoms. The number of halogens is 6. The predicted molar refractivity (Wildman–Crippen MR) is 249 cm³/mol. The van der Waals surface area contributed by atoms with E-state index in [-0.39, 0.29) is 30.5 Å². The van der Waals surface area contributed by atoms with Gasteiger partial charge in [0.2, 0.25) is 0 Å². The van der Waals surface area contributed by atoms with Crippen LogP contribution in [0.3, 0.4) is 0 Å². The number of hydrogen-bond acceptors (Lipinski definition) is 2. The highest BCUT2D eigenvalue weighted by atomic mass is 19.2. The van der Waals surface area contributed by atoms with E-state index in [1.165, 1.54) is 87.1 Å². The van der Waals surface area contributed by atoms with Crippen molar-refractivity contribution in [1.29, 1.82) is 0 Å². The summed E-state index contributed by atoms with van der Waals surface area (Å²) in [6.07, 6.45) is 5.91. The molecule has 1 heterocycles. The van der Waals surface area contributed by atoms with Gasteiger partial charge in [0.25, 0.3) is 0 Å². The first kappa shape index (κ1) is 55.6. The predicted octanol–water partition coefficient (Wildman–Crippen LogP) is 16.4. The molecule has 5 aromatic rings. The maximum Gasteiger partial charge on any atom is 0.154 e. The standard InChI is InChI=1S/2C8H8F2.2C8H9F.C8H16.C8H10.C6H12O2.H2/c2*1-5-3-7(9)6(2)8(10)4-5;2*1-6-3-4-7(2)8(9)5-6;2*1-7-3-5-8(2)6-4-7;1-5-3-7-6(2)8-4-5;/h2*3-4H,1-2H3;2*3-5H,1-2H3;7-8H,3-6H2,1-2H3;3-6H,1-2H3;5-6H,3-4H2,1-2H3;1H. The van der Waals surface area contributed by atoms with Crippen LogP contribution in [0.1, 0.15) is 110 Å². The molecule has 2 aliphatic rings. The zero-order valence-electron chi connectivity index (χ0n) is 39.7. The molecule has 1 aliphatic carbocycles. The van der Waals surface area contributed by atoms with Crippen LogP contribution in [0.2, 0.25) is 0 Å². The van der Waals surface area contributed by atoms with E-state index in [4.69, 9.17) is 9.47 Å². The first-order chi connectivity index (χ1) is 29.0. The summed E-state index contributed by atoms with van der Waals surface area (Å²) in [5.74, 6) is 0.485. The van der Waals surface area contributed by atoms with E-state index < -0.39 is 23.3 Å². The SMILES string of the molecule is CC1CCC(C)CC1.CC1COC(C)OC1.Cc1cc(F)c(C)c(F)c1.Cc1cc(F)c(C)c(F)c1.Cc1ccc(C)c(F)c1.Cc1ccc(C)c(F)c1.Cc1ccc(C)cc1.[HH]. The Morgan fingerprint density at radius 3 is 0.855 bits per heavy atom. The number of benzene rings is 5. The van der Waals surface area contributed by atoms with Crippen molar-refractivity contribution >= 4 is 0 Å². The number of aryl methyl sites for hydroxylation is 8. The van der Waals surface area contributed by atoms with Gasteiger partial charge in [0.05, 0.1) is 13.2 Å². The minimum absolute atomic E-state index is 0. The van der Waals surface area contributed by atoms with E-state index in [0.717, 1.165) is 36.2 Å². The van der Waals surface area contributed by atoms with E-state index in [9.17, 15) is 26.3 Å². The molecule has 62 heavy (non-hydrogen) atoms. The lowest BCUT2D eigenvalue weighted by Crippen LogP contribution is -2.27. The van der Waals surface area contributed by atoms with Crippen molar-refractivity contribution in [2.24, 2.45) is 17.8 Å². The Morgan fingerprint density at radius 1 is 0.355 bits per heavy atom. The molecule has 0 radical (unpaired) electrons. The molecule has 0 aromatic heterocycles. The zero-order valence-corrected chi connectivity index (χ0v) is 39.7. The first-order valence-electron chi connectivity index (χ1n) is 21.5. The van der Waals surface area contributed by atoms with E-state index >= 15 is 0 Å². The van der Waals surface area contributed by atoms with E-state index in [0.29, 0.717) is 28.2 Å². The minimum Gasteiger partial charge on any atom is -0.353 e. The van der Waals surface area contributed by atoms with Crippen molar-refractivity contribution in [3.8, 4) is 0 Å². The van der Waals surface area contributed by atoms with Crippen LogP contribution in [0, 0.1) is 122 Å². The summed E-state index contributed by atoms with van der Waals surface area (Å²) in [7, 11) is 0. The maximum atomic E-state index is 12.6. The van der Waals surface area contributed by atoms with Gasteiger partial charge in [0, 0.05) is 18.5 Å². The van der Waals surface area contributed by atoms with Crippen molar-refractivity contribution in [3.05, 3.63) is 175 Å². The van der Waals surface area contributed by atoms with Gasteiger partial charge >= 0.3 is 0 Å². The Morgan fingerprint density at radius 2 is 0.613 bits per heavy atom. The highest BCUT2D eigenvalue weighted by Crippen LogP contribution is 2.27. The topological polar surface area (TPSA) is 18.5 Å². The second-order valence-corrected chi connectivity index (χ2v) is 17.1. The molecule has 0 bridgehead atoms. The van der Waals surface area contributed by atoms with Gasteiger partial charge in [-0.3, -0.25) is 0 Å². The third-order valence-corrected chi connectivity index (χ3v) is 10.3. The summed E-state index contributed by atoms with van der Waals surface area (Å²) < 4.78 is 85.9. The van der Waals surface area contributed by atoms with E-state index in [1.807, 2.05) is 32.9 Å². The molecular weight excluding hydrogens is 795 g/mol. The van der Waals surface area contributed by atoms with Gasteiger partial charge in [-0.1, -0.05) is 106 Å². The van der Waals surface area contributed by atoms with Crippen molar-refractivity contribution in [2.45, 2.75) is 129 Å². The second kappa shape index (κ2) is 29.1. The summed E-state index contributed by atoms with van der Waals surface area (Å²) in [6, 6.07) is 24.2. The molecule has 1 aliphatic heterocycles. The van der Waals surface area contributed by atoms with Gasteiger partial charge in [0.15, 0.2) is 6.29 Å². The summed E-state index contributed by atoms with van der Waals surface area (Å²) in [5, 5.41) is 0. The Balaban J connectivity index is 0.000000711. The molecule has 1 saturated heterocycles. The fraction of sp³-hybridized carbons (Fsp3) is 0.444. The normalized spacial score (nSPS) is 17.5. The molecule has 7 rings (SSSR count). The van der Waals surface area contributed by atoms with Crippen molar-refractivity contribution in [2.75, 3.05) is 13.2 Å². The van der Waals surface area contributed by atoms with Crippen LogP contribution in [0.15, 0.2) is 84.9 Å². The molecule has 8 heteroatoms. The Hall–Kier alpha value is -4.40. The lowest BCUT2D eigenvalue weighted by molar-refractivity contribution is -0.187. The van der Waals surface area contributed by atoms with Gasteiger partial charge in [-0.25, -0.2) is 26.3 Å². The molecular formula is C54H74F6O2. The summed E-state index contributed by atoms with van der Waals surface area (Å²) >= 11 is 0. The van der Waals surface area contributed by atoms with Gasteiger partial charge in [0.1, 0.15) is 34.9 Å². The first-order valence-corrected chi connectivity index (χ1v) is 21.5. The van der Waals surface area contributed by atoms with Gasteiger partial charge in [-0.2, -0.15) is 0 Å². The Labute approximate surface area is 371 Å². The van der Waals surface area contributed by atoms with Crippen LogP contribution in [-0.2, 0) is 9.47 Å². The summed E-state index contributed by atoms with van der Waals surface area (Å²) in [6.45, 7) is 28.1. The van der Waals surface area contributed by atoms with Crippen molar-refractivity contribution in [1.82, 2.24) is 0 Å². The van der Waals surface area contributed by atoms with E-state index in [2.05, 4.69) is 58.9 Å². The summed E-state index contributed by atoms with van der Waals surface area (Å²) in [4.78, 5) is 0. The average molecular weight is 869 g/mol. The summed E-state index contributed by atoms with van der Waals surface area (Å²) in [5.41, 5.74) is 7.42. The van der Waals surface area contributed by atoms with Gasteiger partial charge < -0.3 is 9.47 Å². The van der Waals surface area contributed by atoms with Crippen molar-refractivity contribution < 1.29 is 37.2 Å². The maximum absolute atomic E-state index is 12.6. The van der Waals surface area contributed by atoms with Crippen LogP contribution in [0.4, 0.5) is 26.3 Å². The van der Waals surface area contributed by atoms with Crippen LogP contribution >= 0.6 is 0 Å². The Kier molecular flexibility index (Phi) is 26.1. The molecule has 0 atom stereocenters. The molecule has 2 fully saturated rings. The smallest absolute Gasteiger partial charge is 0.154 e. The monoisotopic (exact) mass is 869 g/mol. The molecule has 2 nitrogen and oxygen atoms in total. The lowest BCUT2D eigenvalue weighted by Gasteiger charge is -2.24. The van der Waals surface area contributed by atoms with Crippen molar-refractivity contribution in [3.63, 3.8) is 0 Å². The number of rotatable bonds is 0. The third-order valence-electron chi connectivity index (χ3n) is 10.3. The zero-order chi connectivity index (χ0) is 47.1. The highest BCUT2D eigenvalue weighted by molar-refractivity contribution is 5.25. The minimum atomic E-state index is -0.475. The molecule has 0 amide bonds. The molecule has 0 N–H and O–H groups in total. The third kappa shape index (κ3) is 23.7. The van der Waals surface area contributed by atoms with Gasteiger partial charge in [-0.05, 0) is 158 Å². The molecule has 5 aromatic carbocycles. The quantitative estimate of drug-likeness (QED) is 0.144. The van der Waals surface area contributed by atoms with E-state index in [1.54, 1.807) is 39.8 Å². The highest BCUT2D eigenvalue weighted by Gasteiger charge is 2.14. The average Bonchev–Trinajstić information content (AvgIpc) is 3.21. The Bertz CT molecular complexity index is 1820. The van der Waals surface area contributed by atoms with Crippen LogP contribution in [-0.4, -0.2) is 19.5 Å². The van der Waals surface area contributed by atoms with Gasteiger partial charge in [-0.15, -0.1) is 0 Å². The number of hydrogen-bond donors (Lipinski definition) is 0. The molecule has 0 unspecified atom stereocenters.